The fourth-order valence-electron chi connectivity index (χ4n) is 1.40. The Hall–Kier alpha value is -0.530. The van der Waals surface area contributed by atoms with Gasteiger partial charge in [0.15, 0.2) is 0 Å². The van der Waals surface area contributed by atoms with E-state index in [-0.39, 0.29) is 11.8 Å². The van der Waals surface area contributed by atoms with Crippen LogP contribution in [0.15, 0.2) is 0 Å². The minimum Gasteiger partial charge on any atom is -0.369 e. The van der Waals surface area contributed by atoms with Crippen molar-refractivity contribution in [1.29, 1.82) is 0 Å². The molecule has 0 aromatic carbocycles. The van der Waals surface area contributed by atoms with Crippen LogP contribution in [0.25, 0.3) is 0 Å². The Balaban J connectivity index is 2.35. The van der Waals surface area contributed by atoms with Crippen LogP contribution in [0.1, 0.15) is 32.1 Å². The average molecular weight is 140 g/mol. The molecule has 1 fully saturated rings. The predicted octanol–water partition coefficient (Wildman–Crippen LogP) is 1.26. The molecule has 1 radical (unpaired) electrons. The SMILES string of the molecule is NC(=O)C1CC[CH]CCC1. The molecule has 0 heterocycles. The molecule has 0 saturated heterocycles. The fourth-order valence-corrected chi connectivity index (χ4v) is 1.40. The van der Waals surface area contributed by atoms with E-state index in [1.807, 2.05) is 0 Å². The van der Waals surface area contributed by atoms with Crippen LogP contribution in [0, 0.1) is 12.3 Å². The summed E-state index contributed by atoms with van der Waals surface area (Å²) < 4.78 is 0. The summed E-state index contributed by atoms with van der Waals surface area (Å²) in [6.07, 6.45) is 7.56. The minimum absolute atomic E-state index is 0.115. The first-order chi connectivity index (χ1) is 4.80. The smallest absolute Gasteiger partial charge is 0.220 e. The molecule has 0 aliphatic heterocycles. The van der Waals surface area contributed by atoms with Crippen LogP contribution in [0.4, 0.5) is 0 Å². The number of nitrogens with two attached hydrogens (primary N) is 1. The summed E-state index contributed by atoms with van der Waals surface area (Å²) in [6.45, 7) is 0. The Kier molecular flexibility index (Phi) is 2.72. The van der Waals surface area contributed by atoms with Crippen molar-refractivity contribution in [3.63, 3.8) is 0 Å². The molecule has 1 rings (SSSR count). The van der Waals surface area contributed by atoms with Gasteiger partial charge in [0, 0.05) is 5.92 Å². The van der Waals surface area contributed by atoms with E-state index in [9.17, 15) is 4.79 Å². The van der Waals surface area contributed by atoms with Crippen molar-refractivity contribution >= 4 is 5.91 Å². The lowest BCUT2D eigenvalue weighted by atomic mass is 10.0. The lowest BCUT2D eigenvalue weighted by Gasteiger charge is -2.06. The lowest BCUT2D eigenvalue weighted by molar-refractivity contribution is -0.122. The number of amides is 1. The molecule has 0 spiro atoms. The fraction of sp³-hybridized carbons (Fsp3) is 0.750. The van der Waals surface area contributed by atoms with E-state index in [1.54, 1.807) is 0 Å². The summed E-state index contributed by atoms with van der Waals surface area (Å²) >= 11 is 0. The molecule has 0 bridgehead atoms. The van der Waals surface area contributed by atoms with Gasteiger partial charge in [0.05, 0.1) is 0 Å². The maximum absolute atomic E-state index is 10.7. The zero-order valence-corrected chi connectivity index (χ0v) is 6.18. The van der Waals surface area contributed by atoms with E-state index >= 15 is 0 Å². The van der Waals surface area contributed by atoms with Gasteiger partial charge in [-0.2, -0.15) is 0 Å². The van der Waals surface area contributed by atoms with Crippen LogP contribution in [0.2, 0.25) is 0 Å². The topological polar surface area (TPSA) is 43.1 Å². The molecule has 2 heteroatoms. The van der Waals surface area contributed by atoms with Gasteiger partial charge in [-0.15, -0.1) is 0 Å². The Labute approximate surface area is 61.8 Å². The van der Waals surface area contributed by atoms with Gasteiger partial charge in [0.25, 0.3) is 0 Å². The summed E-state index contributed by atoms with van der Waals surface area (Å²) in [4.78, 5) is 10.7. The summed E-state index contributed by atoms with van der Waals surface area (Å²) in [5, 5.41) is 0. The predicted molar refractivity (Wildman–Crippen MR) is 40.1 cm³/mol. The number of hydrogen-bond acceptors (Lipinski definition) is 1. The standard InChI is InChI=1S/C8H14NO/c9-8(10)7-5-3-1-2-4-6-7/h1,7H,2-6H2,(H2,9,10). The number of hydrogen-bond donors (Lipinski definition) is 1. The van der Waals surface area contributed by atoms with Crippen LogP contribution >= 0.6 is 0 Å². The molecule has 57 valence electrons. The Morgan fingerprint density at radius 1 is 1.40 bits per heavy atom. The van der Waals surface area contributed by atoms with Crippen molar-refractivity contribution in [3.8, 4) is 0 Å². The first-order valence-electron chi connectivity index (χ1n) is 3.91. The average Bonchev–Trinajstić information content (AvgIpc) is 2.12. The molecule has 0 aromatic heterocycles. The second-order valence-corrected chi connectivity index (χ2v) is 2.90. The van der Waals surface area contributed by atoms with Crippen molar-refractivity contribution in [1.82, 2.24) is 0 Å². The molecule has 1 aliphatic carbocycles. The third kappa shape index (κ3) is 2.01. The second kappa shape index (κ2) is 3.59. The van der Waals surface area contributed by atoms with Gasteiger partial charge in [-0.3, -0.25) is 4.79 Å². The Bertz CT molecular complexity index is 114. The number of carbonyl (C=O) groups excluding carboxylic acids is 1. The highest BCUT2D eigenvalue weighted by molar-refractivity contribution is 5.76. The van der Waals surface area contributed by atoms with Crippen molar-refractivity contribution in [2.75, 3.05) is 0 Å². The Morgan fingerprint density at radius 3 is 2.90 bits per heavy atom. The molecule has 2 nitrogen and oxygen atoms in total. The Morgan fingerprint density at radius 2 is 2.20 bits per heavy atom. The zero-order valence-electron chi connectivity index (χ0n) is 6.18. The highest BCUT2D eigenvalue weighted by Crippen LogP contribution is 2.21. The van der Waals surface area contributed by atoms with Crippen LogP contribution < -0.4 is 5.73 Å². The quantitative estimate of drug-likeness (QED) is 0.547. The van der Waals surface area contributed by atoms with E-state index in [0.29, 0.717) is 0 Å². The van der Waals surface area contributed by atoms with Crippen molar-refractivity contribution in [3.05, 3.63) is 6.42 Å². The van der Waals surface area contributed by atoms with Gasteiger partial charge in [-0.1, -0.05) is 12.8 Å². The third-order valence-electron chi connectivity index (χ3n) is 2.08. The molecule has 2 N–H and O–H groups in total. The van der Waals surface area contributed by atoms with Gasteiger partial charge in [0.2, 0.25) is 5.91 Å². The largest absolute Gasteiger partial charge is 0.369 e. The van der Waals surface area contributed by atoms with Crippen LogP contribution in [0.5, 0.6) is 0 Å². The molecule has 0 aromatic rings. The highest BCUT2D eigenvalue weighted by Gasteiger charge is 2.16. The van der Waals surface area contributed by atoms with E-state index in [0.717, 1.165) is 32.1 Å². The maximum Gasteiger partial charge on any atom is 0.220 e. The maximum atomic E-state index is 10.7. The molecule has 1 unspecified atom stereocenters. The summed E-state index contributed by atoms with van der Waals surface area (Å²) in [7, 11) is 0. The van der Waals surface area contributed by atoms with E-state index < -0.39 is 0 Å². The summed E-state index contributed by atoms with van der Waals surface area (Å²) in [6, 6.07) is 0. The molecule has 1 saturated carbocycles. The normalized spacial score (nSPS) is 22.0. The minimum atomic E-state index is -0.115. The molecule has 1 atom stereocenters. The van der Waals surface area contributed by atoms with E-state index in [4.69, 9.17) is 5.73 Å². The van der Waals surface area contributed by atoms with Crippen molar-refractivity contribution < 1.29 is 4.79 Å². The van der Waals surface area contributed by atoms with Gasteiger partial charge in [-0.25, -0.2) is 0 Å². The number of primary amides is 1. The van der Waals surface area contributed by atoms with Gasteiger partial charge in [0.1, 0.15) is 0 Å². The van der Waals surface area contributed by atoms with Crippen LogP contribution in [-0.4, -0.2) is 5.91 Å². The van der Waals surface area contributed by atoms with Crippen molar-refractivity contribution in [2.45, 2.75) is 32.1 Å². The first-order valence-corrected chi connectivity index (χ1v) is 3.91. The van der Waals surface area contributed by atoms with Crippen molar-refractivity contribution in [2.24, 2.45) is 11.7 Å². The van der Waals surface area contributed by atoms with Gasteiger partial charge in [-0.05, 0) is 25.7 Å². The molecule has 10 heavy (non-hydrogen) atoms. The molecular weight excluding hydrogens is 126 g/mol. The zero-order chi connectivity index (χ0) is 7.40. The van der Waals surface area contributed by atoms with Crippen LogP contribution in [0.3, 0.4) is 0 Å². The van der Waals surface area contributed by atoms with E-state index in [1.165, 1.54) is 0 Å². The van der Waals surface area contributed by atoms with Gasteiger partial charge >= 0.3 is 0 Å². The summed E-state index contributed by atoms with van der Waals surface area (Å²) in [5.74, 6) is 0.0362. The molecule has 1 aliphatic rings. The third-order valence-corrected chi connectivity index (χ3v) is 2.08. The first kappa shape index (κ1) is 7.58. The van der Waals surface area contributed by atoms with E-state index in [2.05, 4.69) is 6.42 Å². The second-order valence-electron chi connectivity index (χ2n) is 2.90. The molecule has 1 amide bonds. The number of carbonyl (C=O) groups is 1. The highest BCUT2D eigenvalue weighted by atomic mass is 16.1. The lowest BCUT2D eigenvalue weighted by Crippen LogP contribution is -2.22. The van der Waals surface area contributed by atoms with Gasteiger partial charge < -0.3 is 5.73 Å². The van der Waals surface area contributed by atoms with Crippen LogP contribution in [-0.2, 0) is 4.79 Å². The summed E-state index contributed by atoms with van der Waals surface area (Å²) in [5.41, 5.74) is 5.18. The number of rotatable bonds is 1. The molecular formula is C8H14NO. The monoisotopic (exact) mass is 140 g/mol.